The third-order valence-corrected chi connectivity index (χ3v) is 6.32. The fourth-order valence-electron chi connectivity index (χ4n) is 4.62. The number of carbonyl (C=O) groups excluding carboxylic acids is 1. The van der Waals surface area contributed by atoms with Crippen molar-refractivity contribution in [3.63, 3.8) is 0 Å². The standard InChI is InChI=1S/C26H26N4O2/c31-24(28-16-13-21(14-17-28)18-20-8-3-1-4-9-20)19-29-25-23(12-7-15-27-25)26(32)30(29)22-10-5-2-6-11-22/h1-12,15,21H,13-14,16-19H2. The van der Waals surface area contributed by atoms with Gasteiger partial charge in [-0.15, -0.1) is 0 Å². The Morgan fingerprint density at radius 2 is 1.59 bits per heavy atom. The van der Waals surface area contributed by atoms with Crippen LogP contribution in [-0.2, 0) is 17.8 Å². The third kappa shape index (κ3) is 3.96. The molecular weight excluding hydrogens is 400 g/mol. The van der Waals surface area contributed by atoms with Crippen molar-refractivity contribution in [1.82, 2.24) is 19.2 Å². The molecule has 6 nitrogen and oxygen atoms in total. The highest BCUT2D eigenvalue weighted by atomic mass is 16.2. The van der Waals surface area contributed by atoms with Gasteiger partial charge in [0.1, 0.15) is 6.54 Å². The zero-order valence-corrected chi connectivity index (χ0v) is 17.9. The van der Waals surface area contributed by atoms with Gasteiger partial charge in [-0.1, -0.05) is 48.5 Å². The van der Waals surface area contributed by atoms with Gasteiger partial charge in [-0.25, -0.2) is 9.67 Å². The number of likely N-dealkylation sites (tertiary alicyclic amines) is 1. The van der Waals surface area contributed by atoms with E-state index in [1.807, 2.05) is 41.3 Å². The van der Waals surface area contributed by atoms with E-state index < -0.39 is 0 Å². The number of rotatable bonds is 5. The van der Waals surface area contributed by atoms with Crippen molar-refractivity contribution >= 4 is 16.9 Å². The van der Waals surface area contributed by atoms with Crippen molar-refractivity contribution in [3.8, 4) is 5.69 Å². The predicted octanol–water partition coefficient (Wildman–Crippen LogP) is 3.67. The van der Waals surface area contributed by atoms with E-state index in [0.29, 0.717) is 17.0 Å². The number of piperidine rings is 1. The minimum atomic E-state index is -0.159. The Labute approximate surface area is 186 Å². The first-order valence-electron chi connectivity index (χ1n) is 11.1. The number of pyridine rings is 1. The maximum atomic E-state index is 13.2. The summed E-state index contributed by atoms with van der Waals surface area (Å²) in [6.45, 7) is 1.59. The highest BCUT2D eigenvalue weighted by Crippen LogP contribution is 2.22. The van der Waals surface area contributed by atoms with Crippen LogP contribution in [0.2, 0.25) is 0 Å². The van der Waals surface area contributed by atoms with Crippen LogP contribution < -0.4 is 5.56 Å². The Morgan fingerprint density at radius 3 is 2.31 bits per heavy atom. The van der Waals surface area contributed by atoms with E-state index in [1.54, 1.807) is 27.7 Å². The average Bonchev–Trinajstić information content (AvgIpc) is 3.12. The van der Waals surface area contributed by atoms with Gasteiger partial charge in [0.25, 0.3) is 5.56 Å². The number of fused-ring (bicyclic) bond motifs is 1. The summed E-state index contributed by atoms with van der Waals surface area (Å²) in [4.78, 5) is 32.7. The summed E-state index contributed by atoms with van der Waals surface area (Å²) >= 11 is 0. The minimum absolute atomic E-state index is 0.0235. The van der Waals surface area contributed by atoms with Gasteiger partial charge < -0.3 is 4.90 Å². The van der Waals surface area contributed by atoms with Gasteiger partial charge in [0.2, 0.25) is 5.91 Å². The molecule has 162 valence electrons. The molecular formula is C26H26N4O2. The van der Waals surface area contributed by atoms with Crippen LogP contribution in [0.1, 0.15) is 18.4 Å². The molecule has 1 saturated heterocycles. The molecule has 2 aromatic heterocycles. The average molecular weight is 427 g/mol. The third-order valence-electron chi connectivity index (χ3n) is 6.32. The Balaban J connectivity index is 1.35. The molecule has 3 heterocycles. The molecule has 0 N–H and O–H groups in total. The van der Waals surface area contributed by atoms with Gasteiger partial charge in [-0.3, -0.25) is 14.3 Å². The predicted molar refractivity (Wildman–Crippen MR) is 125 cm³/mol. The second-order valence-corrected chi connectivity index (χ2v) is 8.40. The van der Waals surface area contributed by atoms with Crippen LogP contribution in [0, 0.1) is 5.92 Å². The van der Waals surface area contributed by atoms with Gasteiger partial charge in [0, 0.05) is 19.3 Å². The summed E-state index contributed by atoms with van der Waals surface area (Å²) < 4.78 is 3.28. The summed E-state index contributed by atoms with van der Waals surface area (Å²) in [7, 11) is 0. The molecule has 32 heavy (non-hydrogen) atoms. The summed E-state index contributed by atoms with van der Waals surface area (Å²) in [5.41, 5.74) is 2.46. The second-order valence-electron chi connectivity index (χ2n) is 8.40. The van der Waals surface area contributed by atoms with Crippen molar-refractivity contribution in [2.75, 3.05) is 13.1 Å². The van der Waals surface area contributed by atoms with E-state index >= 15 is 0 Å². The molecule has 2 aromatic carbocycles. The quantitative estimate of drug-likeness (QED) is 0.489. The van der Waals surface area contributed by atoms with E-state index in [-0.39, 0.29) is 18.0 Å². The first-order chi connectivity index (χ1) is 15.7. The van der Waals surface area contributed by atoms with E-state index in [2.05, 4.69) is 29.2 Å². The van der Waals surface area contributed by atoms with Crippen LogP contribution in [-0.4, -0.2) is 38.2 Å². The summed E-state index contributed by atoms with van der Waals surface area (Å²) in [5, 5.41) is 0.519. The molecule has 1 amide bonds. The molecule has 0 atom stereocenters. The topological polar surface area (TPSA) is 60.1 Å². The first kappa shape index (κ1) is 20.2. The number of hydrogen-bond acceptors (Lipinski definition) is 3. The largest absolute Gasteiger partial charge is 0.341 e. The number of nitrogens with zero attached hydrogens (tertiary/aromatic N) is 4. The lowest BCUT2D eigenvalue weighted by Crippen LogP contribution is -2.41. The maximum absolute atomic E-state index is 13.2. The highest BCUT2D eigenvalue weighted by Gasteiger charge is 2.25. The summed E-state index contributed by atoms with van der Waals surface area (Å²) in [6.07, 6.45) is 4.71. The molecule has 0 aliphatic carbocycles. The van der Waals surface area contributed by atoms with Crippen molar-refractivity contribution in [3.05, 3.63) is 94.9 Å². The second kappa shape index (κ2) is 8.83. The van der Waals surface area contributed by atoms with E-state index in [4.69, 9.17) is 0 Å². The summed E-state index contributed by atoms with van der Waals surface area (Å²) in [5.74, 6) is 0.619. The van der Waals surface area contributed by atoms with Crippen LogP contribution in [0.4, 0.5) is 0 Å². The van der Waals surface area contributed by atoms with Crippen molar-refractivity contribution in [1.29, 1.82) is 0 Å². The normalized spacial score (nSPS) is 14.7. The molecule has 0 spiro atoms. The van der Waals surface area contributed by atoms with Crippen LogP contribution >= 0.6 is 0 Å². The van der Waals surface area contributed by atoms with Crippen LogP contribution in [0.3, 0.4) is 0 Å². The fourth-order valence-corrected chi connectivity index (χ4v) is 4.62. The van der Waals surface area contributed by atoms with Gasteiger partial charge in [-0.2, -0.15) is 0 Å². The number of aromatic nitrogens is 3. The summed E-state index contributed by atoms with van der Waals surface area (Å²) in [6, 6.07) is 23.5. The van der Waals surface area contributed by atoms with Gasteiger partial charge >= 0.3 is 0 Å². The van der Waals surface area contributed by atoms with Crippen LogP contribution in [0.5, 0.6) is 0 Å². The smallest absolute Gasteiger partial charge is 0.280 e. The van der Waals surface area contributed by atoms with E-state index in [1.165, 1.54) is 5.56 Å². The monoisotopic (exact) mass is 426 g/mol. The SMILES string of the molecule is O=C(Cn1c2ncccc2c(=O)n1-c1ccccc1)N1CCC(Cc2ccccc2)CC1. The lowest BCUT2D eigenvalue weighted by Gasteiger charge is -2.32. The van der Waals surface area contributed by atoms with Crippen LogP contribution in [0.25, 0.3) is 16.7 Å². The Morgan fingerprint density at radius 1 is 0.906 bits per heavy atom. The molecule has 0 saturated carbocycles. The van der Waals surface area contributed by atoms with Gasteiger partial charge in [0.05, 0.1) is 11.1 Å². The molecule has 1 aliphatic heterocycles. The zero-order chi connectivity index (χ0) is 21.9. The Bertz CT molecular complexity index is 1270. The van der Waals surface area contributed by atoms with Crippen molar-refractivity contribution < 1.29 is 4.79 Å². The number of amides is 1. The van der Waals surface area contributed by atoms with Gasteiger partial charge in [0.15, 0.2) is 5.65 Å². The highest BCUT2D eigenvalue weighted by molar-refractivity contribution is 5.80. The van der Waals surface area contributed by atoms with Gasteiger partial charge in [-0.05, 0) is 55.0 Å². The molecule has 4 aromatic rings. The lowest BCUT2D eigenvalue weighted by molar-refractivity contribution is -0.133. The number of para-hydroxylation sites is 1. The molecule has 0 unspecified atom stereocenters. The van der Waals surface area contributed by atoms with E-state index in [9.17, 15) is 9.59 Å². The maximum Gasteiger partial charge on any atom is 0.280 e. The van der Waals surface area contributed by atoms with Crippen LogP contribution in [0.15, 0.2) is 83.8 Å². The first-order valence-corrected chi connectivity index (χ1v) is 11.1. The lowest BCUT2D eigenvalue weighted by atomic mass is 9.90. The minimum Gasteiger partial charge on any atom is -0.341 e. The number of hydrogen-bond donors (Lipinski definition) is 0. The molecule has 0 bridgehead atoms. The number of benzene rings is 2. The molecule has 5 rings (SSSR count). The zero-order valence-electron chi connectivity index (χ0n) is 17.9. The van der Waals surface area contributed by atoms with E-state index in [0.717, 1.165) is 38.0 Å². The molecule has 0 radical (unpaired) electrons. The Kier molecular flexibility index (Phi) is 5.58. The Hall–Kier alpha value is -3.67. The molecule has 1 fully saturated rings. The van der Waals surface area contributed by atoms with Crippen molar-refractivity contribution in [2.24, 2.45) is 5.92 Å². The molecule has 1 aliphatic rings. The fraction of sp³-hybridized carbons (Fsp3) is 0.269. The van der Waals surface area contributed by atoms with Crippen molar-refractivity contribution in [2.45, 2.75) is 25.8 Å². The number of carbonyl (C=O) groups is 1. The molecule has 6 heteroatoms.